The van der Waals surface area contributed by atoms with Crippen LogP contribution < -0.4 is 20.1 Å². The molecular formula is C28H26N4O7S3. The summed E-state index contributed by atoms with van der Waals surface area (Å²) in [6, 6.07) is 13.0. The van der Waals surface area contributed by atoms with Crippen LogP contribution in [-0.4, -0.2) is 54.9 Å². The van der Waals surface area contributed by atoms with Crippen LogP contribution in [0.15, 0.2) is 63.2 Å². The maximum atomic E-state index is 13.8. The number of amides is 3. The molecule has 2 aromatic carbocycles. The number of benzene rings is 2. The largest absolute Gasteiger partial charge is 0.496 e. The lowest BCUT2D eigenvalue weighted by Crippen LogP contribution is -2.42. The molecule has 2 bridgehead atoms. The van der Waals surface area contributed by atoms with Gasteiger partial charge in [-0.15, -0.1) is 11.8 Å². The molecule has 1 aromatic heterocycles. The van der Waals surface area contributed by atoms with Crippen molar-refractivity contribution in [2.24, 2.45) is 34.7 Å². The number of nitrogens with zero attached hydrogens (tertiary/aromatic N) is 1. The van der Waals surface area contributed by atoms with Crippen LogP contribution in [0.4, 0.5) is 5.69 Å². The van der Waals surface area contributed by atoms with E-state index in [1.54, 1.807) is 18.9 Å². The summed E-state index contributed by atoms with van der Waals surface area (Å²) in [6.45, 7) is -0.430. The highest BCUT2D eigenvalue weighted by atomic mass is 32.2. The second-order valence-corrected chi connectivity index (χ2v) is 14.8. The van der Waals surface area contributed by atoms with E-state index < -0.39 is 34.3 Å². The van der Waals surface area contributed by atoms with Gasteiger partial charge in [0.25, 0.3) is 0 Å². The Labute approximate surface area is 248 Å². The highest BCUT2D eigenvalue weighted by Crippen LogP contribution is 2.68. The lowest BCUT2D eigenvalue weighted by Gasteiger charge is -2.43. The van der Waals surface area contributed by atoms with Crippen molar-refractivity contribution in [3.8, 4) is 5.75 Å². The number of thioether (sulfide) groups is 1. The zero-order chi connectivity index (χ0) is 29.5. The van der Waals surface area contributed by atoms with Gasteiger partial charge in [-0.1, -0.05) is 29.5 Å². The Hall–Kier alpha value is -3.46. The molecule has 7 atom stereocenters. The van der Waals surface area contributed by atoms with E-state index in [0.29, 0.717) is 11.4 Å². The number of sulfonamides is 1. The minimum Gasteiger partial charge on any atom is -0.496 e. The van der Waals surface area contributed by atoms with Crippen molar-refractivity contribution in [2.75, 3.05) is 19.0 Å². The van der Waals surface area contributed by atoms with Gasteiger partial charge >= 0.3 is 4.87 Å². The van der Waals surface area contributed by atoms with Gasteiger partial charge in [0, 0.05) is 27.3 Å². The fourth-order valence-electron chi connectivity index (χ4n) is 7.58. The number of ether oxygens (including phenoxy) is 1. The number of anilines is 1. The van der Waals surface area contributed by atoms with Crippen molar-refractivity contribution in [2.45, 2.75) is 27.5 Å². The monoisotopic (exact) mass is 626 g/mol. The van der Waals surface area contributed by atoms with Gasteiger partial charge in [0.15, 0.2) is 0 Å². The molecule has 3 amide bonds. The third-order valence-electron chi connectivity index (χ3n) is 9.06. The summed E-state index contributed by atoms with van der Waals surface area (Å²) < 4.78 is 28.7. The van der Waals surface area contributed by atoms with E-state index in [1.807, 2.05) is 24.3 Å². The van der Waals surface area contributed by atoms with Gasteiger partial charge in [-0.05, 0) is 54.5 Å². The molecule has 1 saturated heterocycles. The van der Waals surface area contributed by atoms with E-state index in [2.05, 4.69) is 10.3 Å². The average molecular weight is 627 g/mol. The number of para-hydroxylation sites is 1. The third kappa shape index (κ3) is 4.14. The number of aromatic nitrogens is 1. The first kappa shape index (κ1) is 27.4. The van der Waals surface area contributed by atoms with Crippen LogP contribution in [0.5, 0.6) is 5.75 Å². The van der Waals surface area contributed by atoms with Crippen LogP contribution in [0.3, 0.4) is 0 Å². The summed E-state index contributed by atoms with van der Waals surface area (Å²) >= 11 is 2.78. The number of imide groups is 1. The van der Waals surface area contributed by atoms with Gasteiger partial charge in [0.2, 0.25) is 27.7 Å². The van der Waals surface area contributed by atoms with Gasteiger partial charge in [-0.25, -0.2) is 13.6 Å². The van der Waals surface area contributed by atoms with Gasteiger partial charge < -0.3 is 15.0 Å². The molecule has 4 aliphatic rings. The number of primary sulfonamides is 1. The molecule has 3 aromatic rings. The smallest absolute Gasteiger partial charge is 0.305 e. The Bertz CT molecular complexity index is 1800. The summed E-state index contributed by atoms with van der Waals surface area (Å²) in [7, 11) is -2.27. The Morgan fingerprint density at radius 1 is 1.07 bits per heavy atom. The first-order valence-electron chi connectivity index (χ1n) is 13.4. The van der Waals surface area contributed by atoms with Crippen LogP contribution in [0, 0.1) is 29.6 Å². The molecule has 14 heteroatoms. The zero-order valence-electron chi connectivity index (χ0n) is 22.2. The molecule has 218 valence electrons. The van der Waals surface area contributed by atoms with E-state index in [1.165, 1.54) is 35.6 Å². The number of fused-ring (bicyclic) bond motifs is 9. The lowest BCUT2D eigenvalue weighted by atomic mass is 9.68. The average Bonchev–Trinajstić information content (AvgIpc) is 3.69. The minimum atomic E-state index is -3.88. The molecule has 0 radical (unpaired) electrons. The maximum Gasteiger partial charge on any atom is 0.305 e. The molecule has 7 rings (SSSR count). The van der Waals surface area contributed by atoms with Crippen molar-refractivity contribution in [3.63, 3.8) is 0 Å². The number of hydrogen-bond donors (Lipinski definition) is 3. The summed E-state index contributed by atoms with van der Waals surface area (Å²) in [6.07, 6.45) is 0.733. The van der Waals surface area contributed by atoms with E-state index >= 15 is 0 Å². The number of thiazole rings is 1. The Balaban J connectivity index is 1.16. The van der Waals surface area contributed by atoms with Gasteiger partial charge in [-0.3, -0.25) is 24.1 Å². The first-order chi connectivity index (χ1) is 20.1. The van der Waals surface area contributed by atoms with Crippen LogP contribution in [0.25, 0.3) is 0 Å². The Kier molecular flexibility index (Phi) is 6.38. The predicted octanol–water partition coefficient (Wildman–Crippen LogP) is 2.20. The van der Waals surface area contributed by atoms with Crippen LogP contribution in [0.2, 0.25) is 0 Å². The van der Waals surface area contributed by atoms with Gasteiger partial charge in [0.1, 0.15) is 12.3 Å². The number of rotatable bonds is 6. The summed E-state index contributed by atoms with van der Waals surface area (Å²) in [5, 5.41) is 8.58. The normalized spacial score (nSPS) is 29.3. The van der Waals surface area contributed by atoms with Gasteiger partial charge in [0.05, 0.1) is 28.9 Å². The molecular weight excluding hydrogens is 601 g/mol. The van der Waals surface area contributed by atoms with Crippen LogP contribution in [0.1, 0.15) is 22.8 Å². The third-order valence-corrected chi connectivity index (χ3v) is 12.6. The molecule has 3 fully saturated rings. The molecule has 2 aliphatic heterocycles. The highest BCUT2D eigenvalue weighted by Gasteiger charge is 2.69. The highest BCUT2D eigenvalue weighted by molar-refractivity contribution is 8.00. The molecule has 2 saturated carbocycles. The van der Waals surface area contributed by atoms with E-state index in [9.17, 15) is 27.6 Å². The molecule has 4 N–H and O–H groups in total. The van der Waals surface area contributed by atoms with Crippen molar-refractivity contribution >= 4 is 56.5 Å². The fourth-order valence-corrected chi connectivity index (χ4v) is 11.0. The summed E-state index contributed by atoms with van der Waals surface area (Å²) in [5.74, 6) is -1.88. The molecule has 0 spiro atoms. The van der Waals surface area contributed by atoms with Crippen molar-refractivity contribution in [1.29, 1.82) is 0 Å². The number of nitrogens with two attached hydrogens (primary N) is 1. The van der Waals surface area contributed by atoms with Crippen molar-refractivity contribution < 1.29 is 27.5 Å². The molecule has 2 aliphatic carbocycles. The van der Waals surface area contributed by atoms with E-state index in [4.69, 9.17) is 9.88 Å². The van der Waals surface area contributed by atoms with E-state index in [0.717, 1.165) is 26.8 Å². The zero-order valence-corrected chi connectivity index (χ0v) is 24.6. The van der Waals surface area contributed by atoms with Crippen LogP contribution in [-0.2, 0) is 24.4 Å². The summed E-state index contributed by atoms with van der Waals surface area (Å²) in [4.78, 5) is 57.5. The molecule has 42 heavy (non-hydrogen) atoms. The van der Waals surface area contributed by atoms with Crippen molar-refractivity contribution in [1.82, 2.24) is 9.88 Å². The van der Waals surface area contributed by atoms with E-state index in [-0.39, 0.29) is 50.5 Å². The van der Waals surface area contributed by atoms with Crippen LogP contribution >= 0.6 is 23.1 Å². The molecule has 3 heterocycles. The summed E-state index contributed by atoms with van der Waals surface area (Å²) in [5.41, 5.74) is 1.27. The first-order valence-corrected chi connectivity index (χ1v) is 16.6. The lowest BCUT2D eigenvalue weighted by molar-refractivity contribution is -0.143. The predicted molar refractivity (Wildman–Crippen MR) is 155 cm³/mol. The van der Waals surface area contributed by atoms with Gasteiger partial charge in [-0.2, -0.15) is 0 Å². The number of likely N-dealkylation sites (tertiary alicyclic amines) is 1. The fraction of sp³-hybridized carbons (Fsp3) is 0.357. The standard InChI is InChI=1S/C28H26N4O7S3/c1-39-17-5-3-2-4-14(17)19-20-15-10-16(23(20)40-25-24(19)41-28(36)31-25)22-21(15)26(34)32(27(22)35)11-18(33)30-12-6-8-13(9-7-12)42(29,37)38/h2-9,15-16,19-23H,10-11H2,1H3,(H,30,33)(H,31,36)(H2,29,37,38)/t15?,16?,19-,20?,21?,22?,23?/m1/s1. The number of aromatic amines is 1. The second kappa shape index (κ2) is 9.79. The second-order valence-electron chi connectivity index (χ2n) is 11.1. The Morgan fingerprint density at radius 2 is 1.76 bits per heavy atom. The maximum absolute atomic E-state index is 13.8. The van der Waals surface area contributed by atoms with Crippen molar-refractivity contribution in [3.05, 3.63) is 68.6 Å². The quantitative estimate of drug-likeness (QED) is 0.350. The minimum absolute atomic E-state index is 0.0133. The number of carbonyl (C=O) groups is 3. The SMILES string of the molecule is COc1ccccc1[C@H]1c2sc(=O)[nH]c2SC2C3CC(C4C(=O)N(CC(=O)Nc5ccc(S(N)(=O)=O)cc5)C(=O)C34)C21. The number of hydrogen-bond acceptors (Lipinski definition) is 9. The number of carbonyl (C=O) groups excluding carboxylic acids is 3. The number of H-pyrrole nitrogens is 1. The topological polar surface area (TPSA) is 169 Å². The number of methoxy groups -OCH3 is 1. The molecule has 11 nitrogen and oxygen atoms in total. The number of nitrogens with one attached hydrogen (secondary N) is 2. The Morgan fingerprint density at radius 3 is 2.45 bits per heavy atom. The molecule has 6 unspecified atom stereocenters.